The number of rotatable bonds is 6. The smallest absolute Gasteiger partial charge is 0.325 e. The molecule has 7 nitrogen and oxygen atoms in total. The molecule has 3 aliphatic rings. The zero-order valence-electron chi connectivity index (χ0n) is 18.7. The zero-order chi connectivity index (χ0) is 22.0. The molecular formula is C24H34N4O3. The van der Waals surface area contributed by atoms with Crippen LogP contribution in [0.2, 0.25) is 0 Å². The molecule has 2 aliphatic heterocycles. The fraction of sp³-hybridized carbons (Fsp3) is 0.625. The van der Waals surface area contributed by atoms with Crippen molar-refractivity contribution >= 4 is 17.8 Å². The van der Waals surface area contributed by atoms with Gasteiger partial charge < -0.3 is 10.6 Å². The molecule has 168 valence electrons. The van der Waals surface area contributed by atoms with E-state index in [4.69, 9.17) is 0 Å². The van der Waals surface area contributed by atoms with Gasteiger partial charge in [0.2, 0.25) is 5.91 Å². The molecule has 2 N–H and O–H groups in total. The molecule has 1 aliphatic carbocycles. The molecule has 0 bridgehead atoms. The maximum atomic E-state index is 12.6. The molecule has 2 atom stereocenters. The molecule has 2 heterocycles. The van der Waals surface area contributed by atoms with Gasteiger partial charge in [-0.1, -0.05) is 51.0 Å². The summed E-state index contributed by atoms with van der Waals surface area (Å²) in [6.07, 6.45) is 4.49. The van der Waals surface area contributed by atoms with E-state index in [1.807, 2.05) is 12.1 Å². The Bertz CT molecular complexity index is 822. The summed E-state index contributed by atoms with van der Waals surface area (Å²) in [4.78, 5) is 40.8. The van der Waals surface area contributed by atoms with E-state index in [0.29, 0.717) is 19.4 Å². The monoisotopic (exact) mass is 426 g/mol. The van der Waals surface area contributed by atoms with Gasteiger partial charge in [-0.05, 0) is 42.2 Å². The van der Waals surface area contributed by atoms with E-state index in [1.165, 1.54) is 12.0 Å². The third kappa shape index (κ3) is 4.92. The van der Waals surface area contributed by atoms with Crippen LogP contribution in [0.4, 0.5) is 4.79 Å². The number of piperidine rings is 1. The number of nitrogens with zero attached hydrogens (tertiary/aromatic N) is 2. The van der Waals surface area contributed by atoms with Gasteiger partial charge in [-0.15, -0.1) is 0 Å². The van der Waals surface area contributed by atoms with E-state index in [1.54, 1.807) is 0 Å². The average Bonchev–Trinajstić information content (AvgIpc) is 3.27. The van der Waals surface area contributed by atoms with E-state index in [2.05, 4.69) is 41.5 Å². The van der Waals surface area contributed by atoms with E-state index in [9.17, 15) is 14.4 Å². The Labute approximate surface area is 184 Å². The minimum atomic E-state index is -0.767. The summed E-state index contributed by atoms with van der Waals surface area (Å²) in [5, 5.41) is 5.64. The Balaban J connectivity index is 1.25. The Morgan fingerprint density at radius 1 is 1.06 bits per heavy atom. The highest BCUT2D eigenvalue weighted by Crippen LogP contribution is 2.34. The number of benzene rings is 1. The van der Waals surface area contributed by atoms with Crippen molar-refractivity contribution in [2.75, 3.05) is 19.6 Å². The first-order chi connectivity index (χ1) is 14.8. The first kappa shape index (κ1) is 21.8. The van der Waals surface area contributed by atoms with Gasteiger partial charge in [-0.3, -0.25) is 19.4 Å². The maximum absolute atomic E-state index is 12.6. The summed E-state index contributed by atoms with van der Waals surface area (Å²) >= 11 is 0. The van der Waals surface area contributed by atoms with Crippen LogP contribution in [0.1, 0.15) is 57.1 Å². The molecule has 2 saturated heterocycles. The average molecular weight is 427 g/mol. The topological polar surface area (TPSA) is 81.8 Å². The molecule has 4 amide bonds. The van der Waals surface area contributed by atoms with Gasteiger partial charge >= 0.3 is 6.03 Å². The van der Waals surface area contributed by atoms with Crippen molar-refractivity contribution in [3.05, 3.63) is 35.4 Å². The summed E-state index contributed by atoms with van der Waals surface area (Å²) < 4.78 is 0. The molecule has 4 rings (SSSR count). The predicted molar refractivity (Wildman–Crippen MR) is 118 cm³/mol. The quantitative estimate of drug-likeness (QED) is 0.685. The van der Waals surface area contributed by atoms with Crippen molar-refractivity contribution in [1.82, 2.24) is 20.4 Å². The van der Waals surface area contributed by atoms with Crippen LogP contribution in [0.5, 0.6) is 0 Å². The summed E-state index contributed by atoms with van der Waals surface area (Å²) in [7, 11) is 0. The fourth-order valence-electron chi connectivity index (χ4n) is 5.48. The van der Waals surface area contributed by atoms with Crippen LogP contribution in [0.3, 0.4) is 0 Å². The highest BCUT2D eigenvalue weighted by atomic mass is 16.2. The summed E-state index contributed by atoms with van der Waals surface area (Å²) in [5.74, 6) is 0.910. The summed E-state index contributed by atoms with van der Waals surface area (Å²) in [5.41, 5.74) is 1.51. The number of hydrogen-bond donors (Lipinski definition) is 2. The summed E-state index contributed by atoms with van der Waals surface area (Å²) in [6.45, 7) is 8.04. The number of urea groups is 1. The van der Waals surface area contributed by atoms with Crippen LogP contribution < -0.4 is 10.6 Å². The normalized spacial score (nSPS) is 25.8. The molecule has 31 heavy (non-hydrogen) atoms. The highest BCUT2D eigenvalue weighted by Gasteiger charge is 2.52. The first-order valence-corrected chi connectivity index (χ1v) is 11.6. The van der Waals surface area contributed by atoms with E-state index in [0.717, 1.165) is 54.8 Å². The second kappa shape index (κ2) is 8.99. The molecule has 1 aromatic rings. The van der Waals surface area contributed by atoms with Crippen molar-refractivity contribution in [3.8, 4) is 0 Å². The SMILES string of the molecule is C[C@H]1C[C@H](C)CN(Cc2ccc(CNC(=O)CN3C(=O)NC4(CCCC4)C3=O)cc2)C1. The lowest BCUT2D eigenvalue weighted by Crippen LogP contribution is -2.45. The van der Waals surface area contributed by atoms with Crippen molar-refractivity contribution in [2.24, 2.45) is 11.8 Å². The maximum Gasteiger partial charge on any atom is 0.325 e. The fourth-order valence-corrected chi connectivity index (χ4v) is 5.48. The van der Waals surface area contributed by atoms with Crippen LogP contribution in [-0.2, 0) is 22.7 Å². The second-order valence-corrected chi connectivity index (χ2v) is 9.84. The van der Waals surface area contributed by atoms with Crippen LogP contribution in [0.25, 0.3) is 0 Å². The molecule has 0 radical (unpaired) electrons. The second-order valence-electron chi connectivity index (χ2n) is 9.84. The molecule has 1 spiro atoms. The molecular weight excluding hydrogens is 392 g/mol. The van der Waals surface area contributed by atoms with Crippen molar-refractivity contribution < 1.29 is 14.4 Å². The lowest BCUT2D eigenvalue weighted by molar-refractivity contribution is -0.134. The lowest BCUT2D eigenvalue weighted by atomic mass is 9.91. The van der Waals surface area contributed by atoms with Gasteiger partial charge in [0.25, 0.3) is 5.91 Å². The number of hydrogen-bond acceptors (Lipinski definition) is 4. The van der Waals surface area contributed by atoms with Crippen molar-refractivity contribution in [2.45, 2.75) is 64.6 Å². The van der Waals surface area contributed by atoms with Crippen LogP contribution >= 0.6 is 0 Å². The van der Waals surface area contributed by atoms with Crippen molar-refractivity contribution in [3.63, 3.8) is 0 Å². The van der Waals surface area contributed by atoms with Gasteiger partial charge in [0, 0.05) is 26.2 Å². The standard InChI is InChI=1S/C24H34N4O3/c1-17-11-18(2)14-27(13-17)15-20-7-5-19(6-8-20)12-25-21(29)16-28-22(30)24(26-23(28)31)9-3-4-10-24/h5-8,17-18H,3-4,9-16H2,1-2H3,(H,25,29)(H,26,31)/t17-,18-/m0/s1. The zero-order valence-corrected chi connectivity index (χ0v) is 18.7. The third-order valence-electron chi connectivity index (χ3n) is 6.87. The number of carbonyl (C=O) groups is 3. The highest BCUT2D eigenvalue weighted by molar-refractivity contribution is 6.09. The van der Waals surface area contributed by atoms with Gasteiger partial charge in [-0.25, -0.2) is 4.79 Å². The molecule has 0 aromatic heterocycles. The Kier molecular flexibility index (Phi) is 6.32. The largest absolute Gasteiger partial charge is 0.350 e. The molecule has 7 heteroatoms. The third-order valence-corrected chi connectivity index (χ3v) is 6.87. The number of carbonyl (C=O) groups excluding carboxylic acids is 3. The molecule has 0 unspecified atom stereocenters. The Hall–Kier alpha value is -2.41. The van der Waals surface area contributed by atoms with E-state index >= 15 is 0 Å². The van der Waals surface area contributed by atoms with Gasteiger partial charge in [0.05, 0.1) is 0 Å². The Morgan fingerprint density at radius 3 is 2.32 bits per heavy atom. The molecule has 1 saturated carbocycles. The number of nitrogens with one attached hydrogen (secondary N) is 2. The lowest BCUT2D eigenvalue weighted by Gasteiger charge is -2.35. The van der Waals surface area contributed by atoms with Gasteiger partial charge in [0.1, 0.15) is 12.1 Å². The number of amides is 4. The van der Waals surface area contributed by atoms with Gasteiger partial charge in [-0.2, -0.15) is 0 Å². The minimum absolute atomic E-state index is 0.226. The molecule has 1 aromatic carbocycles. The number of likely N-dealkylation sites (tertiary alicyclic amines) is 1. The van der Waals surface area contributed by atoms with Crippen LogP contribution in [0, 0.1) is 11.8 Å². The van der Waals surface area contributed by atoms with Crippen LogP contribution in [-0.4, -0.2) is 52.8 Å². The van der Waals surface area contributed by atoms with E-state index < -0.39 is 11.6 Å². The van der Waals surface area contributed by atoms with Crippen LogP contribution in [0.15, 0.2) is 24.3 Å². The minimum Gasteiger partial charge on any atom is -0.350 e. The van der Waals surface area contributed by atoms with Gasteiger partial charge in [0.15, 0.2) is 0 Å². The predicted octanol–water partition coefficient (Wildman–Crippen LogP) is 2.65. The molecule has 3 fully saturated rings. The number of imide groups is 1. The first-order valence-electron chi connectivity index (χ1n) is 11.6. The summed E-state index contributed by atoms with van der Waals surface area (Å²) in [6, 6.07) is 7.86. The van der Waals surface area contributed by atoms with E-state index in [-0.39, 0.29) is 18.4 Å². The Morgan fingerprint density at radius 2 is 1.68 bits per heavy atom. The van der Waals surface area contributed by atoms with Crippen molar-refractivity contribution in [1.29, 1.82) is 0 Å².